The molecule has 0 unspecified atom stereocenters. The van der Waals surface area contributed by atoms with Gasteiger partial charge in [0.05, 0.1) is 6.26 Å². The van der Waals surface area contributed by atoms with Gasteiger partial charge in [0, 0.05) is 24.3 Å². The van der Waals surface area contributed by atoms with Crippen molar-refractivity contribution in [1.82, 2.24) is 4.72 Å². The first-order chi connectivity index (χ1) is 13.4. The lowest BCUT2D eigenvalue weighted by Gasteiger charge is -2.08. The number of anilines is 2. The molecule has 3 rings (SSSR count). The van der Waals surface area contributed by atoms with Crippen LogP contribution in [0.5, 0.6) is 0 Å². The van der Waals surface area contributed by atoms with E-state index in [9.17, 15) is 18.0 Å². The summed E-state index contributed by atoms with van der Waals surface area (Å²) in [5.41, 5.74) is 1.07. The molecule has 0 aliphatic heterocycles. The van der Waals surface area contributed by atoms with Crippen molar-refractivity contribution in [3.63, 3.8) is 0 Å². The average Bonchev–Trinajstić information content (AvgIpc) is 3.37. The van der Waals surface area contributed by atoms with E-state index < -0.39 is 10.0 Å². The Labute approximate surface area is 165 Å². The Bertz CT molecular complexity index is 1030. The molecule has 0 fully saturated rings. The number of furan rings is 1. The summed E-state index contributed by atoms with van der Waals surface area (Å²) in [6, 6.07) is 12.8. The maximum atomic E-state index is 12.0. The van der Waals surface area contributed by atoms with Crippen molar-refractivity contribution in [2.24, 2.45) is 0 Å². The first-order valence-electron chi connectivity index (χ1n) is 8.22. The molecule has 0 saturated heterocycles. The van der Waals surface area contributed by atoms with Crippen molar-refractivity contribution in [1.29, 1.82) is 0 Å². The molecule has 8 nitrogen and oxygen atoms in total. The number of carbonyl (C=O) groups is 2. The second-order valence-corrected chi connectivity index (χ2v) is 8.58. The van der Waals surface area contributed by atoms with Crippen LogP contribution >= 0.6 is 11.3 Å². The third-order valence-electron chi connectivity index (χ3n) is 3.58. The molecule has 0 atom stereocenters. The average molecular weight is 419 g/mol. The predicted molar refractivity (Wildman–Crippen MR) is 106 cm³/mol. The quantitative estimate of drug-likeness (QED) is 0.519. The third-order valence-corrected chi connectivity index (χ3v) is 6.43. The zero-order valence-corrected chi connectivity index (χ0v) is 16.2. The first kappa shape index (κ1) is 19.8. The Kier molecular flexibility index (Phi) is 6.24. The fourth-order valence-electron chi connectivity index (χ4n) is 2.25. The van der Waals surface area contributed by atoms with Gasteiger partial charge in [-0.3, -0.25) is 9.59 Å². The number of rotatable bonds is 8. The number of hydrogen-bond acceptors (Lipinski definition) is 6. The highest BCUT2D eigenvalue weighted by atomic mass is 32.2. The van der Waals surface area contributed by atoms with Gasteiger partial charge in [0.2, 0.25) is 15.9 Å². The Balaban J connectivity index is 1.46. The highest BCUT2D eigenvalue weighted by Crippen LogP contribution is 2.16. The van der Waals surface area contributed by atoms with Gasteiger partial charge in [-0.25, -0.2) is 13.1 Å². The molecule has 2 heterocycles. The Morgan fingerprint density at radius 2 is 1.68 bits per heavy atom. The molecule has 146 valence electrons. The van der Waals surface area contributed by atoms with Gasteiger partial charge in [0.15, 0.2) is 5.76 Å². The second-order valence-electron chi connectivity index (χ2n) is 5.64. The Morgan fingerprint density at radius 3 is 2.29 bits per heavy atom. The molecule has 1 aromatic carbocycles. The Hall–Kier alpha value is -2.95. The van der Waals surface area contributed by atoms with Crippen LogP contribution in [0.4, 0.5) is 11.4 Å². The summed E-state index contributed by atoms with van der Waals surface area (Å²) in [6.45, 7) is -0.0106. The third kappa shape index (κ3) is 5.28. The van der Waals surface area contributed by atoms with Gasteiger partial charge in [-0.2, -0.15) is 0 Å². The van der Waals surface area contributed by atoms with Gasteiger partial charge in [-0.15, -0.1) is 11.3 Å². The van der Waals surface area contributed by atoms with Gasteiger partial charge >= 0.3 is 0 Å². The van der Waals surface area contributed by atoms with Crippen molar-refractivity contribution in [2.75, 3.05) is 17.2 Å². The molecule has 2 amide bonds. The molecule has 10 heteroatoms. The lowest BCUT2D eigenvalue weighted by molar-refractivity contribution is -0.116. The van der Waals surface area contributed by atoms with E-state index in [0.29, 0.717) is 11.4 Å². The van der Waals surface area contributed by atoms with Crippen molar-refractivity contribution in [3.05, 3.63) is 65.9 Å². The highest BCUT2D eigenvalue weighted by Gasteiger charge is 2.15. The number of amides is 2. The van der Waals surface area contributed by atoms with Crippen LogP contribution in [0.2, 0.25) is 0 Å². The van der Waals surface area contributed by atoms with Crippen LogP contribution in [-0.4, -0.2) is 26.8 Å². The molecule has 0 spiro atoms. The zero-order chi connectivity index (χ0) is 20.0. The van der Waals surface area contributed by atoms with Crippen molar-refractivity contribution in [3.8, 4) is 0 Å². The largest absolute Gasteiger partial charge is 0.459 e. The molecule has 0 aliphatic carbocycles. The van der Waals surface area contributed by atoms with Crippen LogP contribution in [0.1, 0.15) is 17.0 Å². The van der Waals surface area contributed by atoms with E-state index in [2.05, 4.69) is 15.4 Å². The normalized spacial score (nSPS) is 11.1. The van der Waals surface area contributed by atoms with E-state index in [0.717, 1.165) is 11.3 Å². The summed E-state index contributed by atoms with van der Waals surface area (Å²) in [4.78, 5) is 23.9. The molecule has 2 aromatic heterocycles. The fraction of sp³-hybridized carbons (Fsp3) is 0.111. The lowest BCUT2D eigenvalue weighted by atomic mass is 10.2. The van der Waals surface area contributed by atoms with Crippen LogP contribution in [0.15, 0.2) is 68.8 Å². The molecule has 3 aromatic rings. The SMILES string of the molecule is O=C(CCNS(=O)(=O)c1cccs1)Nc1ccc(NC(=O)c2ccco2)cc1. The maximum absolute atomic E-state index is 12.0. The number of nitrogens with one attached hydrogen (secondary N) is 3. The minimum atomic E-state index is -3.58. The summed E-state index contributed by atoms with van der Waals surface area (Å²) in [6.07, 6.45) is 1.40. The van der Waals surface area contributed by atoms with Gasteiger partial charge < -0.3 is 15.1 Å². The van der Waals surface area contributed by atoms with E-state index in [1.54, 1.807) is 47.8 Å². The lowest BCUT2D eigenvalue weighted by Crippen LogP contribution is -2.27. The molecule has 0 radical (unpaired) electrons. The van der Waals surface area contributed by atoms with Gasteiger partial charge in [-0.1, -0.05) is 6.07 Å². The van der Waals surface area contributed by atoms with Crippen molar-refractivity contribution >= 4 is 44.5 Å². The van der Waals surface area contributed by atoms with Crippen LogP contribution in [0, 0.1) is 0 Å². The Morgan fingerprint density at radius 1 is 0.964 bits per heavy atom. The van der Waals surface area contributed by atoms with Crippen LogP contribution < -0.4 is 15.4 Å². The van der Waals surface area contributed by atoms with E-state index in [-0.39, 0.29) is 34.7 Å². The number of sulfonamides is 1. The highest BCUT2D eigenvalue weighted by molar-refractivity contribution is 7.91. The van der Waals surface area contributed by atoms with Crippen LogP contribution in [0.25, 0.3) is 0 Å². The molecule has 0 bridgehead atoms. The summed E-state index contributed by atoms with van der Waals surface area (Å²) in [5, 5.41) is 7.01. The smallest absolute Gasteiger partial charge is 0.291 e. The molecule has 0 saturated carbocycles. The summed E-state index contributed by atoms with van der Waals surface area (Å²) < 4.78 is 31.5. The second kappa shape index (κ2) is 8.83. The molecular formula is C18H17N3O5S2. The number of hydrogen-bond donors (Lipinski definition) is 3. The van der Waals surface area contributed by atoms with Crippen LogP contribution in [-0.2, 0) is 14.8 Å². The van der Waals surface area contributed by atoms with E-state index in [1.807, 2.05) is 0 Å². The fourth-order valence-corrected chi connectivity index (χ4v) is 4.32. The number of carbonyl (C=O) groups excluding carboxylic acids is 2. The summed E-state index contributed by atoms with van der Waals surface area (Å²) in [7, 11) is -3.58. The minimum Gasteiger partial charge on any atom is -0.459 e. The van der Waals surface area contributed by atoms with Crippen molar-refractivity contribution < 1.29 is 22.4 Å². The maximum Gasteiger partial charge on any atom is 0.291 e. The van der Waals surface area contributed by atoms with E-state index >= 15 is 0 Å². The zero-order valence-electron chi connectivity index (χ0n) is 14.5. The minimum absolute atomic E-state index is 0.0106. The van der Waals surface area contributed by atoms with Gasteiger partial charge in [0.1, 0.15) is 4.21 Å². The predicted octanol–water partition coefficient (Wildman–Crippen LogP) is 2.90. The van der Waals surface area contributed by atoms with E-state index in [1.165, 1.54) is 12.3 Å². The van der Waals surface area contributed by atoms with Crippen molar-refractivity contribution in [2.45, 2.75) is 10.6 Å². The molecule has 3 N–H and O–H groups in total. The molecular weight excluding hydrogens is 402 g/mol. The van der Waals surface area contributed by atoms with Crippen LogP contribution in [0.3, 0.4) is 0 Å². The van der Waals surface area contributed by atoms with Gasteiger partial charge in [0.25, 0.3) is 5.91 Å². The number of benzene rings is 1. The topological polar surface area (TPSA) is 118 Å². The first-order valence-corrected chi connectivity index (χ1v) is 10.6. The van der Waals surface area contributed by atoms with Gasteiger partial charge in [-0.05, 0) is 47.8 Å². The summed E-state index contributed by atoms with van der Waals surface area (Å²) in [5.74, 6) is -0.511. The van der Waals surface area contributed by atoms with E-state index in [4.69, 9.17) is 4.42 Å². The molecule has 28 heavy (non-hydrogen) atoms. The summed E-state index contributed by atoms with van der Waals surface area (Å²) >= 11 is 1.11. The number of thiophene rings is 1. The monoisotopic (exact) mass is 419 g/mol. The molecule has 0 aliphatic rings. The standard InChI is InChI=1S/C18H17N3O5S2/c22-16(9-10-19-28(24,25)17-4-2-12-27-17)20-13-5-7-14(8-6-13)21-18(23)15-3-1-11-26-15/h1-8,11-12,19H,9-10H2,(H,20,22)(H,21,23).